The number of hydrogen-bond acceptors (Lipinski definition) is 2. The van der Waals surface area contributed by atoms with E-state index in [-0.39, 0.29) is 11.1 Å². The second-order valence-electron chi connectivity index (χ2n) is 7.97. The lowest BCUT2D eigenvalue weighted by Crippen LogP contribution is -2.44. The summed E-state index contributed by atoms with van der Waals surface area (Å²) in [4.78, 5) is 0. The van der Waals surface area contributed by atoms with Gasteiger partial charge in [-0.05, 0) is 67.6 Å². The van der Waals surface area contributed by atoms with Crippen molar-refractivity contribution in [2.45, 2.75) is 77.1 Å². The lowest BCUT2D eigenvalue weighted by atomic mass is 9.80. The smallest absolute Gasteiger partial charge is 0.192 e. The van der Waals surface area contributed by atoms with Crippen LogP contribution in [0, 0.1) is 0 Å². The average Bonchev–Trinajstić information content (AvgIpc) is 2.35. The zero-order valence-electron chi connectivity index (χ0n) is 14.4. The maximum atomic E-state index is 9.82. The van der Waals surface area contributed by atoms with E-state index in [1.165, 1.54) is 17.5 Å². The molecule has 0 amide bonds. The summed E-state index contributed by atoms with van der Waals surface area (Å²) in [5.74, 6) is 0.787. The van der Waals surface area contributed by atoms with Gasteiger partial charge < -0.3 is 9.53 Å². The molecular formula is C18H30O2Si. The molecule has 0 fully saturated rings. The van der Waals surface area contributed by atoms with Crippen LogP contribution in [0.1, 0.15) is 57.6 Å². The third kappa shape index (κ3) is 3.51. The molecule has 0 saturated heterocycles. The lowest BCUT2D eigenvalue weighted by Gasteiger charge is -2.41. The van der Waals surface area contributed by atoms with Crippen LogP contribution in [0.5, 0.6) is 5.75 Å². The lowest BCUT2D eigenvalue weighted by molar-refractivity contribution is 0.159. The Morgan fingerprint density at radius 1 is 1.29 bits per heavy atom. The van der Waals surface area contributed by atoms with Gasteiger partial charge in [0.1, 0.15) is 5.75 Å². The number of phenols is 1. The summed E-state index contributed by atoms with van der Waals surface area (Å²) in [7, 11) is -1.75. The van der Waals surface area contributed by atoms with Crippen molar-refractivity contribution in [3.63, 3.8) is 0 Å². The van der Waals surface area contributed by atoms with E-state index in [9.17, 15) is 5.11 Å². The molecule has 2 unspecified atom stereocenters. The maximum Gasteiger partial charge on any atom is 0.192 e. The van der Waals surface area contributed by atoms with Gasteiger partial charge >= 0.3 is 0 Å². The molecule has 2 nitrogen and oxygen atoms in total. The number of rotatable bonds is 3. The van der Waals surface area contributed by atoms with Crippen molar-refractivity contribution in [3.8, 4) is 5.75 Å². The number of fused-ring (bicyclic) bond motifs is 1. The summed E-state index contributed by atoms with van der Waals surface area (Å²) in [6.45, 7) is 13.7. The largest absolute Gasteiger partial charge is 0.508 e. The third-order valence-corrected chi connectivity index (χ3v) is 9.92. The molecule has 118 valence electrons. The summed E-state index contributed by atoms with van der Waals surface area (Å²) in [6.07, 6.45) is 3.71. The van der Waals surface area contributed by atoms with Crippen LogP contribution >= 0.6 is 0 Å². The first kappa shape index (κ1) is 16.6. The van der Waals surface area contributed by atoms with Crippen molar-refractivity contribution < 1.29 is 9.53 Å². The third-order valence-electron chi connectivity index (χ3n) is 5.34. The van der Waals surface area contributed by atoms with E-state index >= 15 is 0 Å². The Bertz CT molecular complexity index is 502. The van der Waals surface area contributed by atoms with Crippen LogP contribution in [0.25, 0.3) is 0 Å². The monoisotopic (exact) mass is 306 g/mol. The summed E-state index contributed by atoms with van der Waals surface area (Å²) in [5, 5.41) is 10.1. The highest BCUT2D eigenvalue weighted by Crippen LogP contribution is 2.42. The average molecular weight is 307 g/mol. The number of hydrogen-bond donors (Lipinski definition) is 1. The van der Waals surface area contributed by atoms with Crippen molar-refractivity contribution in [1.82, 2.24) is 0 Å². The topological polar surface area (TPSA) is 29.5 Å². The first-order chi connectivity index (χ1) is 9.62. The fourth-order valence-electron chi connectivity index (χ4n) is 3.03. The minimum atomic E-state index is -1.75. The Labute approximate surface area is 130 Å². The Hall–Kier alpha value is -0.803. The summed E-state index contributed by atoms with van der Waals surface area (Å²) < 4.78 is 6.60. The molecule has 3 heteroatoms. The highest BCUT2D eigenvalue weighted by molar-refractivity contribution is 6.74. The zero-order chi connectivity index (χ0) is 15.8. The van der Waals surface area contributed by atoms with Gasteiger partial charge in [0.05, 0.1) is 0 Å². The second-order valence-corrected chi connectivity index (χ2v) is 12.7. The molecule has 2 rings (SSSR count). The van der Waals surface area contributed by atoms with Gasteiger partial charge in [-0.15, -0.1) is 0 Å². The minimum absolute atomic E-state index is 0.215. The Morgan fingerprint density at radius 2 is 1.95 bits per heavy atom. The van der Waals surface area contributed by atoms with Gasteiger partial charge in [0.2, 0.25) is 0 Å². The zero-order valence-corrected chi connectivity index (χ0v) is 15.4. The fourth-order valence-corrected chi connectivity index (χ4v) is 4.48. The van der Waals surface area contributed by atoms with Gasteiger partial charge in [-0.3, -0.25) is 0 Å². The van der Waals surface area contributed by atoms with E-state index in [0.717, 1.165) is 12.8 Å². The van der Waals surface area contributed by atoms with Gasteiger partial charge in [0.25, 0.3) is 0 Å². The van der Waals surface area contributed by atoms with Crippen LogP contribution < -0.4 is 0 Å². The second kappa shape index (κ2) is 5.77. The molecule has 0 aliphatic heterocycles. The molecular weight excluding hydrogens is 276 g/mol. The van der Waals surface area contributed by atoms with E-state index in [4.69, 9.17) is 4.43 Å². The number of benzene rings is 1. The van der Waals surface area contributed by atoms with Crippen molar-refractivity contribution in [1.29, 1.82) is 0 Å². The van der Waals surface area contributed by atoms with Crippen LogP contribution in [0.3, 0.4) is 0 Å². The highest BCUT2D eigenvalue weighted by atomic mass is 28.4. The number of aromatic hydroxyl groups is 1. The molecule has 0 bridgehead atoms. The molecule has 0 aromatic heterocycles. The first-order valence-electron chi connectivity index (χ1n) is 8.11. The molecule has 0 saturated carbocycles. The summed E-state index contributed by atoms with van der Waals surface area (Å²) >= 11 is 0. The molecule has 0 spiro atoms. The molecule has 21 heavy (non-hydrogen) atoms. The number of phenolic OH excluding ortho intramolecular Hbond substituents is 1. The minimum Gasteiger partial charge on any atom is -0.508 e. The quantitative estimate of drug-likeness (QED) is 0.776. The van der Waals surface area contributed by atoms with Crippen molar-refractivity contribution in [3.05, 3.63) is 29.3 Å². The van der Waals surface area contributed by atoms with Gasteiger partial charge in [0, 0.05) is 12.0 Å². The first-order valence-corrected chi connectivity index (χ1v) is 11.0. The van der Waals surface area contributed by atoms with E-state index in [1.807, 2.05) is 6.07 Å². The molecule has 1 aliphatic rings. The number of aryl methyl sites for hydroxylation is 1. The molecule has 2 atom stereocenters. The van der Waals surface area contributed by atoms with Crippen LogP contribution in [-0.4, -0.2) is 19.5 Å². The molecule has 0 heterocycles. The fraction of sp³-hybridized carbons (Fsp3) is 0.667. The Morgan fingerprint density at radius 3 is 2.57 bits per heavy atom. The molecule has 0 radical (unpaired) electrons. The van der Waals surface area contributed by atoms with Crippen molar-refractivity contribution in [2.24, 2.45) is 0 Å². The SMILES string of the molecule is CC(O[Si](C)(C)C(C)(C)C)C1CCCc2ccc(O)cc21. The van der Waals surface area contributed by atoms with E-state index in [2.05, 4.69) is 46.9 Å². The summed E-state index contributed by atoms with van der Waals surface area (Å²) in [5.41, 5.74) is 2.68. The van der Waals surface area contributed by atoms with E-state index in [1.54, 1.807) is 6.07 Å². The van der Waals surface area contributed by atoms with Crippen LogP contribution in [0.4, 0.5) is 0 Å². The van der Waals surface area contributed by atoms with Crippen molar-refractivity contribution >= 4 is 8.32 Å². The molecule has 1 aromatic carbocycles. The van der Waals surface area contributed by atoms with E-state index < -0.39 is 8.32 Å². The highest BCUT2D eigenvalue weighted by Gasteiger charge is 2.40. The van der Waals surface area contributed by atoms with Gasteiger partial charge in [-0.2, -0.15) is 0 Å². The standard InChI is InChI=1S/C18H30O2Si/c1-13(20-21(5,6)18(2,3)4)16-9-7-8-14-10-11-15(19)12-17(14)16/h10-13,16,19H,7-9H2,1-6H3. The normalized spacial score (nSPS) is 21.0. The van der Waals surface area contributed by atoms with E-state index in [0.29, 0.717) is 11.7 Å². The predicted octanol–water partition coefficient (Wildman–Crippen LogP) is 5.22. The van der Waals surface area contributed by atoms with Crippen LogP contribution in [-0.2, 0) is 10.8 Å². The maximum absolute atomic E-state index is 9.82. The molecule has 1 aliphatic carbocycles. The van der Waals surface area contributed by atoms with Gasteiger partial charge in [0.15, 0.2) is 8.32 Å². The molecule has 1 N–H and O–H groups in total. The van der Waals surface area contributed by atoms with Crippen molar-refractivity contribution in [2.75, 3.05) is 0 Å². The van der Waals surface area contributed by atoms with Crippen LogP contribution in [0.15, 0.2) is 18.2 Å². The Balaban J connectivity index is 2.22. The Kier molecular flexibility index (Phi) is 4.55. The van der Waals surface area contributed by atoms with Gasteiger partial charge in [-0.1, -0.05) is 26.8 Å². The summed E-state index contributed by atoms with van der Waals surface area (Å²) in [6, 6.07) is 5.83. The predicted molar refractivity (Wildman–Crippen MR) is 91.5 cm³/mol. The molecule has 1 aromatic rings. The van der Waals surface area contributed by atoms with Gasteiger partial charge in [-0.25, -0.2) is 0 Å². The van der Waals surface area contributed by atoms with Crippen LogP contribution in [0.2, 0.25) is 18.1 Å².